The summed E-state index contributed by atoms with van der Waals surface area (Å²) in [7, 11) is 3.32. The lowest BCUT2D eigenvalue weighted by Gasteiger charge is -2.10. The molecule has 7 heteroatoms. The average molecular weight is 330 g/mol. The zero-order chi connectivity index (χ0) is 16.4. The molecule has 0 atom stereocenters. The van der Waals surface area contributed by atoms with Crippen LogP contribution in [0.5, 0.6) is 11.5 Å². The largest absolute Gasteiger partial charge is 0.497 e. The molecule has 3 rings (SSSR count). The Bertz CT molecular complexity index is 847. The van der Waals surface area contributed by atoms with Crippen LogP contribution in [-0.2, 0) is 5.75 Å². The lowest BCUT2D eigenvalue weighted by atomic mass is 10.2. The number of benzene rings is 1. The fraction of sp³-hybridized carbons (Fsp3) is 0.312. The van der Waals surface area contributed by atoms with Crippen LogP contribution in [0.4, 0.5) is 0 Å². The van der Waals surface area contributed by atoms with Crippen molar-refractivity contribution in [3.63, 3.8) is 0 Å². The van der Waals surface area contributed by atoms with Crippen molar-refractivity contribution in [3.05, 3.63) is 41.2 Å². The van der Waals surface area contributed by atoms with E-state index in [1.54, 1.807) is 26.0 Å². The smallest absolute Gasteiger partial charge is 0.256 e. The van der Waals surface area contributed by atoms with Crippen molar-refractivity contribution in [2.45, 2.75) is 24.8 Å². The third-order valence-corrected chi connectivity index (χ3v) is 4.49. The van der Waals surface area contributed by atoms with Gasteiger partial charge in [-0.05, 0) is 38.1 Å². The van der Waals surface area contributed by atoms with Gasteiger partial charge >= 0.3 is 0 Å². The van der Waals surface area contributed by atoms with Gasteiger partial charge in [0.15, 0.2) is 5.16 Å². The summed E-state index contributed by atoms with van der Waals surface area (Å²) in [4.78, 5) is 4.40. The number of thioether (sulfide) groups is 1. The molecule has 2 aromatic heterocycles. The van der Waals surface area contributed by atoms with E-state index in [-0.39, 0.29) is 0 Å². The Morgan fingerprint density at radius 2 is 1.91 bits per heavy atom. The minimum atomic E-state index is 0.627. The number of rotatable bonds is 5. The number of ether oxygens (including phenoxy) is 2. The molecule has 6 nitrogen and oxygen atoms in total. The highest BCUT2D eigenvalue weighted by atomic mass is 32.2. The number of fused-ring (bicyclic) bond motifs is 1. The van der Waals surface area contributed by atoms with Crippen LogP contribution in [0.2, 0.25) is 0 Å². The highest BCUT2D eigenvalue weighted by Crippen LogP contribution is 2.30. The Labute approximate surface area is 138 Å². The lowest BCUT2D eigenvalue weighted by molar-refractivity contribution is 0.400. The van der Waals surface area contributed by atoms with Crippen LogP contribution < -0.4 is 9.47 Å². The lowest BCUT2D eigenvalue weighted by Crippen LogP contribution is -1.98. The van der Waals surface area contributed by atoms with E-state index < -0.39 is 0 Å². The predicted octanol–water partition coefficient (Wildman–Crippen LogP) is 3.05. The van der Waals surface area contributed by atoms with Gasteiger partial charge in [-0.2, -0.15) is 0 Å². The van der Waals surface area contributed by atoms with E-state index in [4.69, 9.17) is 9.47 Å². The number of nitrogens with zero attached hydrogens (tertiary/aromatic N) is 4. The van der Waals surface area contributed by atoms with E-state index in [1.165, 1.54) is 0 Å². The van der Waals surface area contributed by atoms with E-state index in [2.05, 4.69) is 15.2 Å². The van der Waals surface area contributed by atoms with E-state index in [1.807, 2.05) is 42.5 Å². The monoisotopic (exact) mass is 330 g/mol. The van der Waals surface area contributed by atoms with E-state index in [9.17, 15) is 0 Å². The van der Waals surface area contributed by atoms with Crippen LogP contribution in [0.25, 0.3) is 5.78 Å². The molecular weight excluding hydrogens is 312 g/mol. The van der Waals surface area contributed by atoms with Gasteiger partial charge in [0.05, 0.1) is 14.2 Å². The Morgan fingerprint density at radius 3 is 2.65 bits per heavy atom. The van der Waals surface area contributed by atoms with Gasteiger partial charge in [-0.15, -0.1) is 10.2 Å². The van der Waals surface area contributed by atoms with Crippen molar-refractivity contribution in [3.8, 4) is 11.5 Å². The van der Waals surface area contributed by atoms with E-state index >= 15 is 0 Å². The summed E-state index contributed by atoms with van der Waals surface area (Å²) in [6.45, 7) is 3.98. The Kier molecular flexibility index (Phi) is 4.38. The maximum absolute atomic E-state index is 5.42. The van der Waals surface area contributed by atoms with Gasteiger partial charge in [0.1, 0.15) is 11.5 Å². The van der Waals surface area contributed by atoms with Gasteiger partial charge < -0.3 is 9.47 Å². The average Bonchev–Trinajstić information content (AvgIpc) is 2.95. The second-order valence-electron chi connectivity index (χ2n) is 5.12. The van der Waals surface area contributed by atoms with Crippen molar-refractivity contribution in [1.29, 1.82) is 0 Å². The van der Waals surface area contributed by atoms with Crippen LogP contribution >= 0.6 is 11.8 Å². The van der Waals surface area contributed by atoms with Crippen LogP contribution in [0.3, 0.4) is 0 Å². The SMILES string of the molecule is COc1ccc(OC)c(CSc2nnc3nc(C)cc(C)n23)c1. The Balaban J connectivity index is 1.89. The molecule has 0 amide bonds. The molecular formula is C16H18N4O2S. The molecule has 0 aliphatic carbocycles. The molecule has 2 heterocycles. The number of methoxy groups -OCH3 is 2. The number of hydrogen-bond acceptors (Lipinski definition) is 6. The first-order valence-electron chi connectivity index (χ1n) is 7.15. The van der Waals surface area contributed by atoms with Crippen LogP contribution in [-0.4, -0.2) is 33.8 Å². The first-order valence-corrected chi connectivity index (χ1v) is 8.14. The molecule has 0 saturated heterocycles. The quantitative estimate of drug-likeness (QED) is 0.670. The van der Waals surface area contributed by atoms with Crippen molar-refractivity contribution < 1.29 is 9.47 Å². The van der Waals surface area contributed by atoms with Gasteiger partial charge in [0.2, 0.25) is 0 Å². The molecule has 0 unspecified atom stereocenters. The minimum absolute atomic E-state index is 0.627. The van der Waals surface area contributed by atoms with Crippen LogP contribution in [0.15, 0.2) is 29.4 Å². The van der Waals surface area contributed by atoms with Gasteiger partial charge in [-0.3, -0.25) is 4.40 Å². The second-order valence-corrected chi connectivity index (χ2v) is 6.07. The summed E-state index contributed by atoms with van der Waals surface area (Å²) in [5.74, 6) is 2.97. The van der Waals surface area contributed by atoms with E-state index in [0.29, 0.717) is 11.5 Å². The van der Waals surface area contributed by atoms with Crippen LogP contribution in [0, 0.1) is 13.8 Å². The fourth-order valence-corrected chi connectivity index (χ4v) is 3.39. The number of hydrogen-bond donors (Lipinski definition) is 0. The van der Waals surface area contributed by atoms with Crippen molar-refractivity contribution >= 4 is 17.5 Å². The molecule has 1 aromatic carbocycles. The van der Waals surface area contributed by atoms with E-state index in [0.717, 1.165) is 33.6 Å². The first kappa shape index (κ1) is 15.6. The molecule has 0 aliphatic heterocycles. The molecule has 0 spiro atoms. The minimum Gasteiger partial charge on any atom is -0.497 e. The van der Waals surface area contributed by atoms with Crippen LogP contribution in [0.1, 0.15) is 17.0 Å². The molecule has 0 aliphatic rings. The molecule has 0 radical (unpaired) electrons. The summed E-state index contributed by atoms with van der Waals surface area (Å²) >= 11 is 1.59. The molecule has 0 saturated carbocycles. The standard InChI is InChI=1S/C16H18N4O2S/c1-10-7-11(2)20-15(17-10)18-19-16(20)23-9-12-8-13(21-3)5-6-14(12)22-4/h5-8H,9H2,1-4H3. The van der Waals surface area contributed by atoms with Gasteiger partial charge in [-0.25, -0.2) is 4.98 Å². The summed E-state index contributed by atoms with van der Waals surface area (Å²) < 4.78 is 12.7. The van der Waals surface area contributed by atoms with Crippen molar-refractivity contribution in [1.82, 2.24) is 19.6 Å². The molecule has 0 fully saturated rings. The molecule has 0 N–H and O–H groups in total. The Hall–Kier alpha value is -2.28. The zero-order valence-electron chi connectivity index (χ0n) is 13.5. The first-order chi connectivity index (χ1) is 11.1. The van der Waals surface area contributed by atoms with Gasteiger partial charge in [0.25, 0.3) is 5.78 Å². The molecule has 0 bridgehead atoms. The molecule has 3 aromatic rings. The van der Waals surface area contributed by atoms with Gasteiger partial charge in [0, 0.05) is 22.7 Å². The normalized spacial score (nSPS) is 11.0. The molecule has 23 heavy (non-hydrogen) atoms. The maximum atomic E-state index is 5.42. The summed E-state index contributed by atoms with van der Waals surface area (Å²) in [6, 6.07) is 7.79. The van der Waals surface area contributed by atoms with Crippen molar-refractivity contribution in [2.24, 2.45) is 0 Å². The number of aryl methyl sites for hydroxylation is 2. The van der Waals surface area contributed by atoms with Crippen molar-refractivity contribution in [2.75, 3.05) is 14.2 Å². The van der Waals surface area contributed by atoms with Gasteiger partial charge in [-0.1, -0.05) is 11.8 Å². The summed E-state index contributed by atoms with van der Waals surface area (Å²) in [6.07, 6.45) is 0. The zero-order valence-corrected chi connectivity index (χ0v) is 14.3. The number of aromatic nitrogens is 4. The summed E-state index contributed by atoms with van der Waals surface area (Å²) in [5.41, 5.74) is 3.05. The topological polar surface area (TPSA) is 61.5 Å². The third-order valence-electron chi connectivity index (χ3n) is 3.51. The summed E-state index contributed by atoms with van der Waals surface area (Å²) in [5, 5.41) is 9.22. The highest BCUT2D eigenvalue weighted by Gasteiger charge is 2.12. The maximum Gasteiger partial charge on any atom is 0.256 e. The predicted molar refractivity (Wildman–Crippen MR) is 89.4 cm³/mol. The molecule has 120 valence electrons. The Morgan fingerprint density at radius 1 is 1.09 bits per heavy atom. The fourth-order valence-electron chi connectivity index (χ4n) is 2.43. The second kappa shape index (κ2) is 6.45. The highest BCUT2D eigenvalue weighted by molar-refractivity contribution is 7.98. The third kappa shape index (κ3) is 3.10.